The molecule has 0 unspecified atom stereocenters. The van der Waals surface area contributed by atoms with Crippen LogP contribution in [0.2, 0.25) is 10.0 Å². The number of benzene rings is 3. The van der Waals surface area contributed by atoms with Crippen LogP contribution in [-0.4, -0.2) is 16.8 Å². The number of ether oxygens (including phenoxy) is 2. The Bertz CT molecular complexity index is 1350. The molecule has 1 heterocycles. The maximum atomic E-state index is 13.2. The van der Waals surface area contributed by atoms with E-state index in [1.807, 2.05) is 62.4 Å². The third kappa shape index (κ3) is 5.97. The quantitative estimate of drug-likeness (QED) is 0.146. The summed E-state index contributed by atoms with van der Waals surface area (Å²) in [4.78, 5) is 15.4. The van der Waals surface area contributed by atoms with Crippen LogP contribution in [0, 0.1) is 10.5 Å². The maximum absolute atomic E-state index is 13.2. The Labute approximate surface area is 237 Å². The highest BCUT2D eigenvalue weighted by Gasteiger charge is 2.34. The zero-order chi connectivity index (χ0) is 25.1. The average molecular weight is 656 g/mol. The van der Waals surface area contributed by atoms with Crippen LogP contribution in [-0.2, 0) is 11.4 Å². The van der Waals surface area contributed by atoms with Crippen LogP contribution in [0.3, 0.4) is 0 Å². The van der Waals surface area contributed by atoms with E-state index in [1.165, 1.54) is 11.8 Å². The largest absolute Gasteiger partial charge is 0.490 e. The van der Waals surface area contributed by atoms with E-state index in [0.29, 0.717) is 37.4 Å². The van der Waals surface area contributed by atoms with Crippen LogP contribution in [0.5, 0.6) is 11.5 Å². The van der Waals surface area contributed by atoms with Gasteiger partial charge in [-0.25, -0.2) is 0 Å². The van der Waals surface area contributed by atoms with Gasteiger partial charge in [0.15, 0.2) is 15.8 Å². The van der Waals surface area contributed by atoms with Crippen molar-refractivity contribution in [1.29, 1.82) is 0 Å². The van der Waals surface area contributed by atoms with Crippen LogP contribution in [0.25, 0.3) is 6.08 Å². The monoisotopic (exact) mass is 655 g/mol. The minimum Gasteiger partial charge on any atom is -0.490 e. The maximum Gasteiger partial charge on any atom is 0.270 e. The van der Waals surface area contributed by atoms with Gasteiger partial charge in [-0.2, -0.15) is 0 Å². The smallest absolute Gasteiger partial charge is 0.270 e. The predicted molar refractivity (Wildman–Crippen MR) is 158 cm³/mol. The predicted octanol–water partition coefficient (Wildman–Crippen LogP) is 8.29. The molecule has 4 nitrogen and oxygen atoms in total. The van der Waals surface area contributed by atoms with E-state index in [2.05, 4.69) is 22.6 Å². The Kier molecular flexibility index (Phi) is 8.65. The molecule has 0 aromatic heterocycles. The average Bonchev–Trinajstić information content (AvgIpc) is 3.07. The number of nitrogens with zero attached hydrogens (tertiary/aromatic N) is 1. The Balaban J connectivity index is 1.61. The summed E-state index contributed by atoms with van der Waals surface area (Å²) < 4.78 is 13.3. The molecule has 0 N–H and O–H groups in total. The fraction of sp³-hybridized carbons (Fsp3) is 0.154. The molecule has 1 saturated heterocycles. The summed E-state index contributed by atoms with van der Waals surface area (Å²) in [6.45, 7) is 4.60. The lowest BCUT2D eigenvalue weighted by Crippen LogP contribution is -2.28. The molecular weight excluding hydrogens is 636 g/mol. The second-order valence-electron chi connectivity index (χ2n) is 7.59. The van der Waals surface area contributed by atoms with Crippen LogP contribution >= 0.6 is 69.8 Å². The molecule has 35 heavy (non-hydrogen) atoms. The Morgan fingerprint density at radius 2 is 1.89 bits per heavy atom. The number of aryl methyl sites for hydroxylation is 1. The van der Waals surface area contributed by atoms with E-state index in [0.717, 1.165) is 25.9 Å². The lowest BCUT2D eigenvalue weighted by molar-refractivity contribution is -0.113. The lowest BCUT2D eigenvalue weighted by atomic mass is 10.1. The van der Waals surface area contributed by atoms with Gasteiger partial charge in [-0.1, -0.05) is 71.4 Å². The van der Waals surface area contributed by atoms with E-state index in [9.17, 15) is 4.79 Å². The van der Waals surface area contributed by atoms with Crippen LogP contribution in [0.15, 0.2) is 59.5 Å². The van der Waals surface area contributed by atoms with Crippen molar-refractivity contribution >= 4 is 91.8 Å². The number of hydrogen-bond donors (Lipinski definition) is 0. The van der Waals surface area contributed by atoms with E-state index in [1.54, 1.807) is 17.0 Å². The molecular formula is C26H20Cl2INO3S2. The molecule has 9 heteroatoms. The molecule has 0 radical (unpaired) electrons. The summed E-state index contributed by atoms with van der Waals surface area (Å²) in [5.41, 5.74) is 3.42. The zero-order valence-corrected chi connectivity index (χ0v) is 24.1. The second kappa shape index (κ2) is 11.5. The van der Waals surface area contributed by atoms with Crippen molar-refractivity contribution in [1.82, 2.24) is 0 Å². The van der Waals surface area contributed by atoms with Gasteiger partial charge in [0.25, 0.3) is 5.91 Å². The highest BCUT2D eigenvalue weighted by atomic mass is 127. The van der Waals surface area contributed by atoms with Crippen molar-refractivity contribution in [3.63, 3.8) is 0 Å². The molecule has 4 rings (SSSR count). The molecule has 1 aliphatic heterocycles. The number of hydrogen-bond acceptors (Lipinski definition) is 5. The number of carbonyl (C=O) groups is 1. The van der Waals surface area contributed by atoms with E-state index in [-0.39, 0.29) is 12.5 Å². The van der Waals surface area contributed by atoms with Crippen molar-refractivity contribution < 1.29 is 14.3 Å². The van der Waals surface area contributed by atoms with Crippen molar-refractivity contribution in [3.8, 4) is 11.5 Å². The summed E-state index contributed by atoms with van der Waals surface area (Å²) >= 11 is 21.3. The van der Waals surface area contributed by atoms with E-state index >= 15 is 0 Å². The van der Waals surface area contributed by atoms with E-state index < -0.39 is 0 Å². The van der Waals surface area contributed by atoms with Gasteiger partial charge < -0.3 is 9.47 Å². The number of carbonyl (C=O) groups excluding carboxylic acids is 1. The van der Waals surface area contributed by atoms with Crippen LogP contribution < -0.4 is 14.4 Å². The Morgan fingerprint density at radius 1 is 1.11 bits per heavy atom. The van der Waals surface area contributed by atoms with Gasteiger partial charge in [0.1, 0.15) is 6.61 Å². The molecule has 0 saturated carbocycles. The molecule has 0 bridgehead atoms. The highest BCUT2D eigenvalue weighted by Crippen LogP contribution is 2.40. The van der Waals surface area contributed by atoms with Crippen molar-refractivity contribution in [2.24, 2.45) is 0 Å². The van der Waals surface area contributed by atoms with Gasteiger partial charge >= 0.3 is 0 Å². The zero-order valence-electron chi connectivity index (χ0n) is 18.8. The lowest BCUT2D eigenvalue weighted by Gasteiger charge is -2.17. The standard InChI is InChI=1S/C26H20Cl2INO3S2/c1-3-32-22-11-16(10-20(29)24(22)33-14-17-8-9-18(27)13-19(17)28)12-23-25(31)30(26(34)35-23)21-7-5-4-6-15(21)2/h4-13H,3,14H2,1-2H3. The third-order valence-electron chi connectivity index (χ3n) is 5.17. The van der Waals surface area contributed by atoms with Gasteiger partial charge in [0.2, 0.25) is 0 Å². The summed E-state index contributed by atoms with van der Waals surface area (Å²) in [7, 11) is 0. The molecule has 1 fully saturated rings. The summed E-state index contributed by atoms with van der Waals surface area (Å²) in [5.74, 6) is 1.06. The minimum absolute atomic E-state index is 0.139. The number of rotatable bonds is 7. The first-order valence-electron chi connectivity index (χ1n) is 10.6. The molecule has 3 aromatic carbocycles. The number of halogens is 3. The first-order valence-corrected chi connectivity index (χ1v) is 13.7. The van der Waals surface area contributed by atoms with Gasteiger partial charge in [0.05, 0.1) is 20.8 Å². The number of para-hydroxylation sites is 1. The fourth-order valence-corrected chi connectivity index (χ4v) is 6.03. The van der Waals surface area contributed by atoms with Gasteiger partial charge in [-0.3, -0.25) is 9.69 Å². The number of anilines is 1. The van der Waals surface area contributed by atoms with Gasteiger partial charge in [0, 0.05) is 15.6 Å². The number of thiocarbonyl (C=S) groups is 1. The molecule has 1 amide bonds. The van der Waals surface area contributed by atoms with Crippen LogP contribution in [0.1, 0.15) is 23.6 Å². The summed E-state index contributed by atoms with van der Waals surface area (Å²) in [5, 5.41) is 1.11. The summed E-state index contributed by atoms with van der Waals surface area (Å²) in [6.07, 6.45) is 1.84. The van der Waals surface area contributed by atoms with Crippen molar-refractivity contribution in [2.75, 3.05) is 11.5 Å². The molecule has 180 valence electrons. The van der Waals surface area contributed by atoms with E-state index in [4.69, 9.17) is 44.9 Å². The number of thioether (sulfide) groups is 1. The highest BCUT2D eigenvalue weighted by molar-refractivity contribution is 14.1. The molecule has 3 aromatic rings. The molecule has 0 atom stereocenters. The normalized spacial score (nSPS) is 14.7. The second-order valence-corrected chi connectivity index (χ2v) is 11.3. The number of amides is 1. The fourth-order valence-electron chi connectivity index (χ4n) is 3.50. The topological polar surface area (TPSA) is 38.8 Å². The van der Waals surface area contributed by atoms with Crippen molar-refractivity contribution in [2.45, 2.75) is 20.5 Å². The molecule has 0 spiro atoms. The Hall–Kier alpha value is -1.78. The SMILES string of the molecule is CCOc1cc(C=C2SC(=S)N(c3ccccc3C)C2=O)cc(I)c1OCc1ccc(Cl)cc1Cl. The van der Waals surface area contributed by atoms with Gasteiger partial charge in [-0.05, 0) is 84.0 Å². The van der Waals surface area contributed by atoms with Gasteiger partial charge in [-0.15, -0.1) is 0 Å². The first-order chi connectivity index (χ1) is 16.8. The first kappa shape index (κ1) is 26.3. The van der Waals surface area contributed by atoms with Crippen LogP contribution in [0.4, 0.5) is 5.69 Å². The Morgan fingerprint density at radius 3 is 2.60 bits per heavy atom. The summed E-state index contributed by atoms with van der Waals surface area (Å²) in [6, 6.07) is 16.8. The molecule has 0 aliphatic carbocycles. The molecule has 1 aliphatic rings. The minimum atomic E-state index is -0.139. The van der Waals surface area contributed by atoms with Crippen molar-refractivity contribution in [3.05, 3.63) is 89.8 Å². The third-order valence-corrected chi connectivity index (χ3v) is 7.86.